The van der Waals surface area contributed by atoms with E-state index < -0.39 is 5.97 Å². The second-order valence-electron chi connectivity index (χ2n) is 2.94. The lowest BCUT2D eigenvalue weighted by molar-refractivity contribution is 0.0690. The van der Waals surface area contributed by atoms with Gasteiger partial charge in [-0.15, -0.1) is 13.0 Å². The van der Waals surface area contributed by atoms with Crippen LogP contribution in [0.3, 0.4) is 0 Å². The molecule has 1 aromatic heterocycles. The number of carboxylic acid groups (broad SMARTS) is 1. The second kappa shape index (κ2) is 5.51. The Morgan fingerprint density at radius 2 is 2.44 bits per heavy atom. The highest BCUT2D eigenvalue weighted by molar-refractivity contribution is 5.85. The molecule has 1 rings (SSSR count). The normalized spacial score (nSPS) is 9.19. The molecule has 82 valence electrons. The van der Waals surface area contributed by atoms with Gasteiger partial charge in [0.15, 0.2) is 5.69 Å². The van der Waals surface area contributed by atoms with E-state index in [4.69, 9.17) is 11.5 Å². The molecule has 0 saturated heterocycles. The standard InChI is InChI=1S/C11H11N3O2/c1-3-5-14(6-4-2)10-8-12-7-9(13-10)11(15)16/h1,4,7-8H,2,5-6H2,(H,15,16). The minimum Gasteiger partial charge on any atom is -0.476 e. The van der Waals surface area contributed by atoms with Gasteiger partial charge in [0.25, 0.3) is 0 Å². The maximum Gasteiger partial charge on any atom is 0.356 e. The van der Waals surface area contributed by atoms with Crippen LogP contribution in [0, 0.1) is 12.3 Å². The zero-order valence-corrected chi connectivity index (χ0v) is 8.63. The Hall–Kier alpha value is -2.35. The number of aromatic nitrogens is 2. The molecule has 0 aliphatic carbocycles. The number of hydrogen-bond acceptors (Lipinski definition) is 4. The Bertz CT molecular complexity index is 437. The molecular formula is C11H11N3O2. The van der Waals surface area contributed by atoms with E-state index >= 15 is 0 Å². The van der Waals surface area contributed by atoms with E-state index in [1.54, 1.807) is 11.0 Å². The first-order valence-corrected chi connectivity index (χ1v) is 4.53. The molecule has 0 radical (unpaired) electrons. The monoisotopic (exact) mass is 217 g/mol. The highest BCUT2D eigenvalue weighted by atomic mass is 16.4. The molecule has 0 atom stereocenters. The zero-order valence-electron chi connectivity index (χ0n) is 8.63. The van der Waals surface area contributed by atoms with Gasteiger partial charge in [-0.25, -0.2) is 9.78 Å². The minimum absolute atomic E-state index is 0.108. The van der Waals surface area contributed by atoms with Crippen molar-refractivity contribution in [1.82, 2.24) is 9.97 Å². The number of hydrogen-bond donors (Lipinski definition) is 1. The summed E-state index contributed by atoms with van der Waals surface area (Å²) in [5, 5.41) is 8.77. The van der Waals surface area contributed by atoms with E-state index in [1.807, 2.05) is 0 Å². The Kier molecular flexibility index (Phi) is 4.04. The Morgan fingerprint density at radius 3 is 3.00 bits per heavy atom. The van der Waals surface area contributed by atoms with Gasteiger partial charge in [-0.1, -0.05) is 12.0 Å². The fourth-order valence-electron chi connectivity index (χ4n) is 1.12. The summed E-state index contributed by atoms with van der Waals surface area (Å²) in [6.07, 6.45) is 9.52. The molecule has 0 amide bonds. The molecule has 16 heavy (non-hydrogen) atoms. The fraction of sp³-hybridized carbons (Fsp3) is 0.182. The smallest absolute Gasteiger partial charge is 0.356 e. The van der Waals surface area contributed by atoms with Crippen LogP contribution < -0.4 is 4.90 Å². The van der Waals surface area contributed by atoms with Gasteiger partial charge in [0, 0.05) is 6.54 Å². The number of terminal acetylenes is 1. The van der Waals surface area contributed by atoms with Crippen LogP contribution in [0.4, 0.5) is 5.82 Å². The van der Waals surface area contributed by atoms with Crippen molar-refractivity contribution in [2.45, 2.75) is 0 Å². The third kappa shape index (κ3) is 2.82. The number of nitrogens with zero attached hydrogens (tertiary/aromatic N) is 3. The average molecular weight is 217 g/mol. The topological polar surface area (TPSA) is 66.3 Å². The van der Waals surface area contributed by atoms with Crippen LogP contribution in [-0.4, -0.2) is 34.1 Å². The summed E-state index contributed by atoms with van der Waals surface area (Å²) in [6, 6.07) is 0. The number of carbonyl (C=O) groups is 1. The third-order valence-electron chi connectivity index (χ3n) is 1.80. The van der Waals surface area contributed by atoms with Crippen molar-refractivity contribution in [3.63, 3.8) is 0 Å². The molecule has 0 fully saturated rings. The Labute approximate surface area is 93.5 Å². The van der Waals surface area contributed by atoms with E-state index in [2.05, 4.69) is 22.5 Å². The summed E-state index contributed by atoms with van der Waals surface area (Å²) in [7, 11) is 0. The molecular weight excluding hydrogens is 206 g/mol. The molecule has 0 spiro atoms. The number of carboxylic acids is 1. The molecule has 5 nitrogen and oxygen atoms in total. The quantitative estimate of drug-likeness (QED) is 0.583. The Morgan fingerprint density at radius 1 is 1.69 bits per heavy atom. The molecule has 0 aromatic carbocycles. The number of aromatic carboxylic acids is 1. The predicted octanol–water partition coefficient (Wildman–Crippen LogP) is 0.800. The van der Waals surface area contributed by atoms with Gasteiger partial charge in [0.05, 0.1) is 18.9 Å². The number of anilines is 1. The second-order valence-corrected chi connectivity index (χ2v) is 2.94. The average Bonchev–Trinajstić information content (AvgIpc) is 2.29. The van der Waals surface area contributed by atoms with Crippen LogP contribution in [0.1, 0.15) is 10.5 Å². The van der Waals surface area contributed by atoms with E-state index in [9.17, 15) is 4.79 Å². The van der Waals surface area contributed by atoms with Crippen LogP contribution in [0.2, 0.25) is 0 Å². The summed E-state index contributed by atoms with van der Waals surface area (Å²) in [4.78, 5) is 20.1. The summed E-state index contributed by atoms with van der Waals surface area (Å²) in [6.45, 7) is 4.40. The fourth-order valence-corrected chi connectivity index (χ4v) is 1.12. The molecule has 1 aromatic rings. The molecule has 0 saturated carbocycles. The summed E-state index contributed by atoms with van der Waals surface area (Å²) >= 11 is 0. The van der Waals surface area contributed by atoms with E-state index in [1.165, 1.54) is 12.4 Å². The van der Waals surface area contributed by atoms with Crippen LogP contribution in [0.5, 0.6) is 0 Å². The first-order valence-electron chi connectivity index (χ1n) is 4.53. The highest BCUT2D eigenvalue weighted by Gasteiger charge is 2.10. The summed E-state index contributed by atoms with van der Waals surface area (Å²) in [5.74, 6) is 1.77. The van der Waals surface area contributed by atoms with E-state index in [-0.39, 0.29) is 5.69 Å². The molecule has 5 heteroatoms. The predicted molar refractivity (Wildman–Crippen MR) is 60.2 cm³/mol. The molecule has 1 heterocycles. The summed E-state index contributed by atoms with van der Waals surface area (Å²) < 4.78 is 0. The van der Waals surface area contributed by atoms with Crippen molar-refractivity contribution in [2.75, 3.05) is 18.0 Å². The van der Waals surface area contributed by atoms with Crippen molar-refractivity contribution in [1.29, 1.82) is 0 Å². The van der Waals surface area contributed by atoms with Gasteiger partial charge in [-0.3, -0.25) is 4.98 Å². The maximum atomic E-state index is 10.7. The zero-order chi connectivity index (χ0) is 12.0. The van der Waals surface area contributed by atoms with Crippen molar-refractivity contribution in [2.24, 2.45) is 0 Å². The number of rotatable bonds is 5. The third-order valence-corrected chi connectivity index (χ3v) is 1.80. The van der Waals surface area contributed by atoms with Crippen molar-refractivity contribution in [3.05, 3.63) is 30.7 Å². The van der Waals surface area contributed by atoms with Crippen LogP contribution in [0.15, 0.2) is 25.0 Å². The van der Waals surface area contributed by atoms with E-state index in [0.29, 0.717) is 18.9 Å². The van der Waals surface area contributed by atoms with Crippen molar-refractivity contribution >= 4 is 11.8 Å². The molecule has 1 N–H and O–H groups in total. The SMILES string of the molecule is C#CCN(CC=C)c1cncc(C(=O)O)n1. The van der Waals surface area contributed by atoms with Crippen LogP contribution in [-0.2, 0) is 0 Å². The van der Waals surface area contributed by atoms with Crippen molar-refractivity contribution in [3.8, 4) is 12.3 Å². The van der Waals surface area contributed by atoms with Gasteiger partial charge in [0.2, 0.25) is 0 Å². The molecule has 0 unspecified atom stereocenters. The molecule has 0 aliphatic rings. The molecule has 0 aliphatic heterocycles. The van der Waals surface area contributed by atoms with Crippen LogP contribution >= 0.6 is 0 Å². The van der Waals surface area contributed by atoms with Crippen LogP contribution in [0.25, 0.3) is 0 Å². The van der Waals surface area contributed by atoms with Gasteiger partial charge in [-0.05, 0) is 0 Å². The van der Waals surface area contributed by atoms with E-state index in [0.717, 1.165) is 0 Å². The van der Waals surface area contributed by atoms with Gasteiger partial charge in [0.1, 0.15) is 5.82 Å². The lowest BCUT2D eigenvalue weighted by Crippen LogP contribution is -2.25. The summed E-state index contributed by atoms with van der Waals surface area (Å²) in [5.41, 5.74) is -0.108. The van der Waals surface area contributed by atoms with Crippen molar-refractivity contribution < 1.29 is 9.90 Å². The maximum absolute atomic E-state index is 10.7. The minimum atomic E-state index is -1.12. The lowest BCUT2D eigenvalue weighted by Gasteiger charge is -2.18. The first-order chi connectivity index (χ1) is 7.69. The molecule has 0 bridgehead atoms. The van der Waals surface area contributed by atoms with Gasteiger partial charge < -0.3 is 10.0 Å². The lowest BCUT2D eigenvalue weighted by atomic mass is 10.4. The van der Waals surface area contributed by atoms with Gasteiger partial charge >= 0.3 is 5.97 Å². The Balaban J connectivity index is 3.00. The largest absolute Gasteiger partial charge is 0.476 e. The highest BCUT2D eigenvalue weighted by Crippen LogP contribution is 2.09. The first kappa shape index (κ1) is 11.7. The van der Waals surface area contributed by atoms with Gasteiger partial charge in [-0.2, -0.15) is 0 Å².